The minimum atomic E-state index is 0.0289. The van der Waals surface area contributed by atoms with Crippen LogP contribution in [0.3, 0.4) is 0 Å². The highest BCUT2D eigenvalue weighted by Crippen LogP contribution is 2.29. The Morgan fingerprint density at radius 1 is 1.20 bits per heavy atom. The van der Waals surface area contributed by atoms with Crippen LogP contribution in [0.15, 0.2) is 42.7 Å². The first kappa shape index (κ1) is 17.2. The summed E-state index contributed by atoms with van der Waals surface area (Å²) in [7, 11) is 0. The van der Waals surface area contributed by atoms with Crippen LogP contribution in [0.5, 0.6) is 11.5 Å². The zero-order valence-electron chi connectivity index (χ0n) is 14.4. The first-order chi connectivity index (χ1) is 12.3. The van der Waals surface area contributed by atoms with Gasteiger partial charge in [-0.2, -0.15) is 0 Å². The Morgan fingerprint density at radius 3 is 2.76 bits per heavy atom. The number of nitrogens with zero attached hydrogens (tertiary/aromatic N) is 2. The number of hydrogen-bond acceptors (Lipinski definition) is 5. The SMILES string of the molecule is CCOc1cc(C(=O)N2CCNCC2)ccc1OCc1cccnc1. The zero-order chi connectivity index (χ0) is 17.5. The number of pyridine rings is 1. The van der Waals surface area contributed by atoms with E-state index in [0.717, 1.165) is 31.7 Å². The molecule has 25 heavy (non-hydrogen) atoms. The molecule has 1 aliphatic heterocycles. The van der Waals surface area contributed by atoms with Crippen molar-refractivity contribution in [1.29, 1.82) is 0 Å². The van der Waals surface area contributed by atoms with Crippen LogP contribution in [0.25, 0.3) is 0 Å². The van der Waals surface area contributed by atoms with E-state index in [1.54, 1.807) is 30.6 Å². The van der Waals surface area contributed by atoms with Crippen LogP contribution in [0, 0.1) is 0 Å². The molecule has 0 saturated carbocycles. The van der Waals surface area contributed by atoms with Gasteiger partial charge in [0.15, 0.2) is 11.5 Å². The van der Waals surface area contributed by atoms with Crippen molar-refractivity contribution in [1.82, 2.24) is 15.2 Å². The Balaban J connectivity index is 1.74. The van der Waals surface area contributed by atoms with E-state index in [1.165, 1.54) is 0 Å². The number of rotatable bonds is 6. The predicted octanol–water partition coefficient (Wildman–Crippen LogP) is 2.10. The van der Waals surface area contributed by atoms with Gasteiger partial charge in [0.2, 0.25) is 0 Å². The smallest absolute Gasteiger partial charge is 0.254 e. The molecule has 3 rings (SSSR count). The van der Waals surface area contributed by atoms with Gasteiger partial charge in [0.1, 0.15) is 6.61 Å². The Kier molecular flexibility index (Phi) is 5.85. The van der Waals surface area contributed by atoms with Gasteiger partial charge in [0.05, 0.1) is 6.61 Å². The van der Waals surface area contributed by atoms with E-state index in [2.05, 4.69) is 10.3 Å². The Labute approximate surface area is 147 Å². The molecule has 0 radical (unpaired) electrons. The Hall–Kier alpha value is -2.60. The highest BCUT2D eigenvalue weighted by atomic mass is 16.5. The van der Waals surface area contributed by atoms with Crippen molar-refractivity contribution in [2.75, 3.05) is 32.8 Å². The van der Waals surface area contributed by atoms with Crippen LogP contribution in [0.4, 0.5) is 0 Å². The summed E-state index contributed by atoms with van der Waals surface area (Å²) < 4.78 is 11.5. The second kappa shape index (κ2) is 8.48. The Morgan fingerprint density at radius 2 is 2.04 bits per heavy atom. The van der Waals surface area contributed by atoms with Crippen molar-refractivity contribution in [3.05, 3.63) is 53.9 Å². The average molecular weight is 341 g/mol. The molecule has 1 aromatic heterocycles. The third-order valence-corrected chi connectivity index (χ3v) is 4.01. The van der Waals surface area contributed by atoms with Crippen LogP contribution < -0.4 is 14.8 Å². The Bertz CT molecular complexity index is 700. The van der Waals surface area contributed by atoms with Gasteiger partial charge < -0.3 is 19.7 Å². The predicted molar refractivity (Wildman–Crippen MR) is 95.0 cm³/mol. The summed E-state index contributed by atoms with van der Waals surface area (Å²) in [5.74, 6) is 1.25. The van der Waals surface area contributed by atoms with Crippen molar-refractivity contribution >= 4 is 5.91 Å². The molecular weight excluding hydrogens is 318 g/mol. The van der Waals surface area contributed by atoms with Crippen LogP contribution in [-0.2, 0) is 6.61 Å². The van der Waals surface area contributed by atoms with Crippen LogP contribution >= 0.6 is 0 Å². The molecule has 1 saturated heterocycles. The number of carbonyl (C=O) groups is 1. The van der Waals surface area contributed by atoms with Crippen LogP contribution in [0.1, 0.15) is 22.8 Å². The van der Waals surface area contributed by atoms with Crippen LogP contribution in [-0.4, -0.2) is 48.6 Å². The van der Waals surface area contributed by atoms with E-state index in [0.29, 0.717) is 30.3 Å². The maximum atomic E-state index is 12.6. The van der Waals surface area contributed by atoms with E-state index >= 15 is 0 Å². The monoisotopic (exact) mass is 341 g/mol. The second-order valence-electron chi connectivity index (χ2n) is 5.79. The molecule has 6 heteroatoms. The number of amides is 1. The molecule has 0 atom stereocenters. The van der Waals surface area contributed by atoms with Gasteiger partial charge in [-0.25, -0.2) is 0 Å². The molecule has 0 spiro atoms. The highest BCUT2D eigenvalue weighted by molar-refractivity contribution is 5.95. The molecular formula is C19H23N3O3. The topological polar surface area (TPSA) is 63.7 Å². The van der Waals surface area contributed by atoms with Crippen molar-refractivity contribution in [2.45, 2.75) is 13.5 Å². The normalized spacial score (nSPS) is 14.2. The minimum Gasteiger partial charge on any atom is -0.490 e. The molecule has 1 amide bonds. The number of piperazine rings is 1. The highest BCUT2D eigenvalue weighted by Gasteiger charge is 2.19. The standard InChI is InChI=1S/C19H23N3O3/c1-2-24-18-12-16(19(23)22-10-8-20-9-11-22)5-6-17(18)25-14-15-4-3-7-21-13-15/h3-7,12-13,20H,2,8-11,14H2,1H3. The zero-order valence-corrected chi connectivity index (χ0v) is 14.4. The third kappa shape index (κ3) is 4.48. The van der Waals surface area contributed by atoms with Gasteiger partial charge in [-0.1, -0.05) is 6.07 Å². The quantitative estimate of drug-likeness (QED) is 0.872. The lowest BCUT2D eigenvalue weighted by atomic mass is 10.1. The van der Waals surface area contributed by atoms with Crippen molar-refractivity contribution < 1.29 is 14.3 Å². The molecule has 1 aliphatic rings. The van der Waals surface area contributed by atoms with Crippen molar-refractivity contribution in [3.63, 3.8) is 0 Å². The van der Waals surface area contributed by atoms with Gasteiger partial charge in [0.25, 0.3) is 5.91 Å². The third-order valence-electron chi connectivity index (χ3n) is 4.01. The van der Waals surface area contributed by atoms with Crippen LogP contribution in [0.2, 0.25) is 0 Å². The first-order valence-electron chi connectivity index (χ1n) is 8.56. The number of nitrogens with one attached hydrogen (secondary N) is 1. The van der Waals surface area contributed by atoms with Crippen molar-refractivity contribution in [3.8, 4) is 11.5 Å². The van der Waals surface area contributed by atoms with Gasteiger partial charge >= 0.3 is 0 Å². The lowest BCUT2D eigenvalue weighted by molar-refractivity contribution is 0.0735. The maximum absolute atomic E-state index is 12.6. The largest absolute Gasteiger partial charge is 0.490 e. The van der Waals surface area contributed by atoms with E-state index < -0.39 is 0 Å². The maximum Gasteiger partial charge on any atom is 0.254 e. The summed E-state index contributed by atoms with van der Waals surface area (Å²) >= 11 is 0. The minimum absolute atomic E-state index is 0.0289. The molecule has 2 heterocycles. The summed E-state index contributed by atoms with van der Waals surface area (Å²) in [5, 5.41) is 3.25. The molecule has 0 unspecified atom stereocenters. The number of ether oxygens (including phenoxy) is 2. The van der Waals surface area contributed by atoms with E-state index in [-0.39, 0.29) is 5.91 Å². The summed E-state index contributed by atoms with van der Waals surface area (Å²) in [4.78, 5) is 18.6. The molecule has 132 valence electrons. The van der Waals surface area contributed by atoms with Crippen molar-refractivity contribution in [2.24, 2.45) is 0 Å². The second-order valence-corrected chi connectivity index (χ2v) is 5.79. The first-order valence-corrected chi connectivity index (χ1v) is 8.56. The number of hydrogen-bond donors (Lipinski definition) is 1. The fourth-order valence-corrected chi connectivity index (χ4v) is 2.72. The van der Waals surface area contributed by atoms with E-state index in [4.69, 9.17) is 9.47 Å². The van der Waals surface area contributed by atoms with Gasteiger partial charge in [-0.3, -0.25) is 9.78 Å². The van der Waals surface area contributed by atoms with Gasteiger partial charge in [-0.05, 0) is 31.2 Å². The average Bonchev–Trinajstić information content (AvgIpc) is 2.68. The molecule has 2 aromatic rings. The molecule has 1 fully saturated rings. The molecule has 0 aliphatic carbocycles. The van der Waals surface area contributed by atoms with Gasteiger partial charge in [0, 0.05) is 49.7 Å². The summed E-state index contributed by atoms with van der Waals surface area (Å²) in [5.41, 5.74) is 1.60. The number of aromatic nitrogens is 1. The molecule has 0 bridgehead atoms. The van der Waals surface area contributed by atoms with Gasteiger partial charge in [-0.15, -0.1) is 0 Å². The fraction of sp³-hybridized carbons (Fsp3) is 0.368. The molecule has 6 nitrogen and oxygen atoms in total. The van der Waals surface area contributed by atoms with E-state index in [1.807, 2.05) is 24.0 Å². The lowest BCUT2D eigenvalue weighted by Crippen LogP contribution is -2.46. The molecule has 1 aromatic carbocycles. The number of carbonyl (C=O) groups excluding carboxylic acids is 1. The number of benzene rings is 1. The fourth-order valence-electron chi connectivity index (χ4n) is 2.72. The lowest BCUT2D eigenvalue weighted by Gasteiger charge is -2.27. The molecule has 1 N–H and O–H groups in total. The summed E-state index contributed by atoms with van der Waals surface area (Å²) in [6, 6.07) is 9.20. The summed E-state index contributed by atoms with van der Waals surface area (Å²) in [6.45, 7) is 5.93. The van der Waals surface area contributed by atoms with E-state index in [9.17, 15) is 4.79 Å². The summed E-state index contributed by atoms with van der Waals surface area (Å²) in [6.07, 6.45) is 3.49.